The van der Waals surface area contributed by atoms with Gasteiger partial charge in [0, 0.05) is 0 Å². The van der Waals surface area contributed by atoms with Crippen LogP contribution in [0.5, 0.6) is 0 Å². The van der Waals surface area contributed by atoms with Crippen molar-refractivity contribution in [1.82, 2.24) is 15.2 Å². The average Bonchev–Trinajstić information content (AvgIpc) is 2.76. The number of H-pyrrole nitrogens is 1. The second kappa shape index (κ2) is 6.32. The molecule has 21 heavy (non-hydrogen) atoms. The van der Waals surface area contributed by atoms with E-state index in [1.54, 1.807) is 13.0 Å². The summed E-state index contributed by atoms with van der Waals surface area (Å²) >= 11 is 11.8. The van der Waals surface area contributed by atoms with Crippen molar-refractivity contribution in [3.05, 3.63) is 33.3 Å². The Balaban J connectivity index is 2.27. The van der Waals surface area contributed by atoms with Crippen molar-refractivity contribution in [2.45, 2.75) is 26.7 Å². The zero-order chi connectivity index (χ0) is 15.6. The van der Waals surface area contributed by atoms with Gasteiger partial charge in [-0.25, -0.2) is 4.98 Å². The minimum absolute atomic E-state index is 0.122. The van der Waals surface area contributed by atoms with Crippen LogP contribution in [0.3, 0.4) is 0 Å². The van der Waals surface area contributed by atoms with Crippen LogP contribution in [0.25, 0.3) is 0 Å². The number of carbonyl (C=O) groups is 1. The molecule has 2 rings (SSSR count). The smallest absolute Gasteiger partial charge is 0.278 e. The topological polar surface area (TPSA) is 96.7 Å². The van der Waals surface area contributed by atoms with Gasteiger partial charge in [0.1, 0.15) is 5.15 Å². The molecule has 8 heteroatoms. The lowest BCUT2D eigenvalue weighted by atomic mass is 10.2. The quantitative estimate of drug-likeness (QED) is 0.751. The van der Waals surface area contributed by atoms with Gasteiger partial charge in [0.2, 0.25) is 0 Å². The van der Waals surface area contributed by atoms with Crippen LogP contribution in [0.15, 0.2) is 6.07 Å². The number of hydrogen-bond donors (Lipinski definition) is 3. The predicted molar refractivity (Wildman–Crippen MR) is 83.9 cm³/mol. The lowest BCUT2D eigenvalue weighted by Gasteiger charge is -2.09. The highest BCUT2D eigenvalue weighted by Gasteiger charge is 2.19. The number of hydrogen-bond acceptors (Lipinski definition) is 4. The molecule has 0 aliphatic carbocycles. The fourth-order valence-electron chi connectivity index (χ4n) is 1.92. The molecule has 112 valence electrons. The zero-order valence-corrected chi connectivity index (χ0v) is 13.1. The SMILES string of the molecule is CCCc1[nH]nc(C(=O)Nc2c(C)cc(Cl)nc2Cl)c1N. The first-order valence-electron chi connectivity index (χ1n) is 6.40. The maximum Gasteiger partial charge on any atom is 0.278 e. The molecule has 0 saturated heterocycles. The van der Waals surface area contributed by atoms with Gasteiger partial charge in [-0.1, -0.05) is 36.5 Å². The molecule has 2 aromatic rings. The van der Waals surface area contributed by atoms with Crippen LogP contribution < -0.4 is 11.1 Å². The fraction of sp³-hybridized carbons (Fsp3) is 0.308. The van der Waals surface area contributed by atoms with E-state index in [2.05, 4.69) is 20.5 Å². The standard InChI is InChI=1S/C13H15Cl2N5O/c1-3-4-7-9(16)11(20-19-7)13(21)18-10-6(2)5-8(14)17-12(10)15/h5H,3-4,16H2,1-2H3,(H,18,21)(H,19,20). The molecule has 0 saturated carbocycles. The predicted octanol–water partition coefficient (Wildman–Crippen LogP) is 3.21. The van der Waals surface area contributed by atoms with Gasteiger partial charge in [-0.05, 0) is 25.0 Å². The largest absolute Gasteiger partial charge is 0.395 e. The molecule has 6 nitrogen and oxygen atoms in total. The molecular formula is C13H15Cl2N5O. The van der Waals surface area contributed by atoms with Gasteiger partial charge in [0.05, 0.1) is 17.1 Å². The number of nitrogens with one attached hydrogen (secondary N) is 2. The van der Waals surface area contributed by atoms with Gasteiger partial charge in [-0.2, -0.15) is 5.10 Å². The molecule has 0 fully saturated rings. The molecule has 0 bridgehead atoms. The molecule has 1 amide bonds. The number of nitrogen functional groups attached to an aromatic ring is 1. The number of aromatic amines is 1. The summed E-state index contributed by atoms with van der Waals surface area (Å²) in [4.78, 5) is 16.1. The number of aryl methyl sites for hydroxylation is 2. The van der Waals surface area contributed by atoms with Crippen LogP contribution in [-0.4, -0.2) is 21.1 Å². The highest BCUT2D eigenvalue weighted by atomic mass is 35.5. The van der Waals surface area contributed by atoms with Crippen LogP contribution in [0.2, 0.25) is 10.3 Å². The summed E-state index contributed by atoms with van der Waals surface area (Å²) in [7, 11) is 0. The molecule has 0 aromatic carbocycles. The maximum absolute atomic E-state index is 12.2. The van der Waals surface area contributed by atoms with E-state index in [-0.39, 0.29) is 16.0 Å². The van der Waals surface area contributed by atoms with Crippen molar-refractivity contribution >= 4 is 40.5 Å². The van der Waals surface area contributed by atoms with Gasteiger partial charge in [0.15, 0.2) is 10.8 Å². The highest BCUT2D eigenvalue weighted by molar-refractivity contribution is 6.35. The molecule has 0 radical (unpaired) electrons. The third-order valence-corrected chi connectivity index (χ3v) is 3.44. The van der Waals surface area contributed by atoms with Gasteiger partial charge in [-0.3, -0.25) is 9.89 Å². The van der Waals surface area contributed by atoms with E-state index in [9.17, 15) is 4.79 Å². The molecule has 4 N–H and O–H groups in total. The van der Waals surface area contributed by atoms with Gasteiger partial charge in [-0.15, -0.1) is 0 Å². The number of halogens is 2. The fourth-order valence-corrected chi connectivity index (χ4v) is 2.50. The molecule has 0 aliphatic heterocycles. The van der Waals surface area contributed by atoms with Crippen LogP contribution in [0.4, 0.5) is 11.4 Å². The van der Waals surface area contributed by atoms with Crippen molar-refractivity contribution in [3.8, 4) is 0 Å². The molecule has 0 aliphatic rings. The van der Waals surface area contributed by atoms with E-state index in [1.807, 2.05) is 6.92 Å². The third kappa shape index (κ3) is 3.28. The first-order valence-corrected chi connectivity index (χ1v) is 7.16. The number of anilines is 2. The van der Waals surface area contributed by atoms with Crippen molar-refractivity contribution in [3.63, 3.8) is 0 Å². The van der Waals surface area contributed by atoms with Crippen molar-refractivity contribution in [1.29, 1.82) is 0 Å². The lowest BCUT2D eigenvalue weighted by molar-refractivity contribution is 0.102. The third-order valence-electron chi connectivity index (χ3n) is 2.98. The summed E-state index contributed by atoms with van der Waals surface area (Å²) in [5, 5.41) is 9.78. The Bertz CT molecular complexity index is 660. The van der Waals surface area contributed by atoms with Crippen molar-refractivity contribution < 1.29 is 4.79 Å². The summed E-state index contributed by atoms with van der Waals surface area (Å²) in [5.74, 6) is -0.444. The van der Waals surface area contributed by atoms with Gasteiger partial charge >= 0.3 is 0 Å². The molecule has 0 spiro atoms. The maximum atomic E-state index is 12.2. The summed E-state index contributed by atoms with van der Waals surface area (Å²) in [5.41, 5.74) is 8.26. The van der Waals surface area contributed by atoms with Crippen LogP contribution >= 0.6 is 23.2 Å². The van der Waals surface area contributed by atoms with E-state index in [4.69, 9.17) is 28.9 Å². The number of nitrogens with two attached hydrogens (primary N) is 1. The van der Waals surface area contributed by atoms with E-state index >= 15 is 0 Å². The van der Waals surface area contributed by atoms with Crippen LogP contribution in [0, 0.1) is 6.92 Å². The number of nitrogens with zero attached hydrogens (tertiary/aromatic N) is 2. The second-order valence-electron chi connectivity index (χ2n) is 4.60. The normalized spacial score (nSPS) is 10.7. The Morgan fingerprint density at radius 3 is 2.81 bits per heavy atom. The zero-order valence-electron chi connectivity index (χ0n) is 11.6. The van der Waals surface area contributed by atoms with Crippen molar-refractivity contribution in [2.75, 3.05) is 11.1 Å². The van der Waals surface area contributed by atoms with E-state index in [1.165, 1.54) is 0 Å². The summed E-state index contributed by atoms with van der Waals surface area (Å²) in [6.07, 6.45) is 1.63. The molecule has 2 aromatic heterocycles. The first-order chi connectivity index (χ1) is 9.93. The first kappa shape index (κ1) is 15.6. The van der Waals surface area contributed by atoms with Crippen LogP contribution in [0.1, 0.15) is 35.1 Å². The Kier molecular flexibility index (Phi) is 4.69. The second-order valence-corrected chi connectivity index (χ2v) is 5.34. The van der Waals surface area contributed by atoms with E-state index in [0.29, 0.717) is 16.9 Å². The number of aromatic nitrogens is 3. The van der Waals surface area contributed by atoms with Gasteiger partial charge in [0.25, 0.3) is 5.91 Å². The molecule has 2 heterocycles. The molecule has 0 atom stereocenters. The Hall–Kier alpha value is -1.79. The number of pyridine rings is 1. The Morgan fingerprint density at radius 2 is 2.19 bits per heavy atom. The van der Waals surface area contributed by atoms with E-state index in [0.717, 1.165) is 18.5 Å². The summed E-state index contributed by atoms with van der Waals surface area (Å²) in [6, 6.07) is 1.61. The monoisotopic (exact) mass is 327 g/mol. The van der Waals surface area contributed by atoms with Crippen LogP contribution in [-0.2, 0) is 6.42 Å². The minimum atomic E-state index is -0.444. The van der Waals surface area contributed by atoms with Crippen molar-refractivity contribution in [2.24, 2.45) is 0 Å². The summed E-state index contributed by atoms with van der Waals surface area (Å²) < 4.78 is 0. The lowest BCUT2D eigenvalue weighted by Crippen LogP contribution is -2.16. The number of amides is 1. The number of rotatable bonds is 4. The number of carbonyl (C=O) groups excluding carboxylic acids is 1. The Labute approximate surface area is 132 Å². The van der Waals surface area contributed by atoms with E-state index < -0.39 is 5.91 Å². The van der Waals surface area contributed by atoms with Gasteiger partial charge < -0.3 is 11.1 Å². The Morgan fingerprint density at radius 1 is 1.48 bits per heavy atom. The molecule has 0 unspecified atom stereocenters. The summed E-state index contributed by atoms with van der Waals surface area (Å²) in [6.45, 7) is 3.79. The molecular weight excluding hydrogens is 313 g/mol. The minimum Gasteiger partial charge on any atom is -0.395 e. The highest BCUT2D eigenvalue weighted by Crippen LogP contribution is 2.27. The average molecular weight is 328 g/mol.